The van der Waals surface area contributed by atoms with E-state index in [1.165, 1.54) is 0 Å². The zero-order chi connectivity index (χ0) is 13.7. The fraction of sp³-hybridized carbons (Fsp3) is 0.692. The first-order chi connectivity index (χ1) is 9.26. The molecule has 1 aromatic heterocycles. The molecular weight excluding hydrogens is 240 g/mol. The van der Waals surface area contributed by atoms with Crippen LogP contribution in [0.15, 0.2) is 6.33 Å². The molecule has 0 amide bonds. The molecule has 1 aliphatic heterocycles. The molecule has 6 nitrogen and oxygen atoms in total. The monoisotopic (exact) mass is 264 g/mol. The highest BCUT2D eigenvalue weighted by Crippen LogP contribution is 2.26. The van der Waals surface area contributed by atoms with E-state index in [-0.39, 0.29) is 0 Å². The highest BCUT2D eigenvalue weighted by atomic mass is 15.3. The lowest BCUT2D eigenvalue weighted by Gasteiger charge is -2.35. The first-order valence-electron chi connectivity index (χ1n) is 7.07. The summed E-state index contributed by atoms with van der Waals surface area (Å²) in [4.78, 5) is 13.3. The number of rotatable bonds is 5. The summed E-state index contributed by atoms with van der Waals surface area (Å²) < 4.78 is 0. The number of hydrogen-bond acceptors (Lipinski definition) is 6. The molecule has 1 fully saturated rings. The van der Waals surface area contributed by atoms with E-state index < -0.39 is 0 Å². The Hall–Kier alpha value is -1.56. The molecule has 0 bridgehead atoms. The lowest BCUT2D eigenvalue weighted by molar-refractivity contribution is 0.270. The summed E-state index contributed by atoms with van der Waals surface area (Å²) in [6.45, 7) is 10.4. The fourth-order valence-electron chi connectivity index (χ4n) is 2.30. The van der Waals surface area contributed by atoms with Crippen LogP contribution in [0.4, 0.5) is 17.3 Å². The van der Waals surface area contributed by atoms with Gasteiger partial charge in [0.05, 0.1) is 0 Å². The van der Waals surface area contributed by atoms with Crippen molar-refractivity contribution in [3.8, 4) is 0 Å². The highest BCUT2D eigenvalue weighted by molar-refractivity contribution is 5.74. The second-order valence-corrected chi connectivity index (χ2v) is 4.81. The molecule has 2 rings (SSSR count). The molecule has 2 heterocycles. The van der Waals surface area contributed by atoms with Gasteiger partial charge in [-0.1, -0.05) is 13.8 Å². The molecular formula is C13H24N6. The van der Waals surface area contributed by atoms with Crippen molar-refractivity contribution in [3.05, 3.63) is 6.33 Å². The van der Waals surface area contributed by atoms with Crippen LogP contribution in [0.25, 0.3) is 0 Å². The van der Waals surface area contributed by atoms with Gasteiger partial charge in [0.25, 0.3) is 0 Å². The molecule has 3 N–H and O–H groups in total. The normalized spacial score (nSPS) is 16.6. The second-order valence-electron chi connectivity index (χ2n) is 4.81. The van der Waals surface area contributed by atoms with E-state index in [0.717, 1.165) is 57.3 Å². The number of nitrogen functional groups attached to an aromatic ring is 1. The zero-order valence-corrected chi connectivity index (χ0v) is 11.9. The predicted molar refractivity (Wildman–Crippen MR) is 79.6 cm³/mol. The first kappa shape index (κ1) is 13.9. The summed E-state index contributed by atoms with van der Waals surface area (Å²) in [6.07, 6.45) is 2.64. The van der Waals surface area contributed by atoms with Gasteiger partial charge in [0, 0.05) is 32.7 Å². The Bertz CT molecular complexity index is 400. The number of nitrogens with zero attached hydrogens (tertiary/aromatic N) is 4. The fourth-order valence-corrected chi connectivity index (χ4v) is 2.30. The second kappa shape index (κ2) is 6.56. The Morgan fingerprint density at radius 2 is 1.95 bits per heavy atom. The number of likely N-dealkylation sites (N-methyl/N-ethyl adjacent to an activating group) is 1. The van der Waals surface area contributed by atoms with Gasteiger partial charge >= 0.3 is 0 Å². The summed E-state index contributed by atoms with van der Waals surface area (Å²) in [5.74, 6) is 1.62. The Kier molecular flexibility index (Phi) is 4.79. The molecule has 0 radical (unpaired) electrons. The molecule has 1 aromatic rings. The van der Waals surface area contributed by atoms with Crippen LogP contribution >= 0.6 is 0 Å². The summed E-state index contributed by atoms with van der Waals surface area (Å²) in [6, 6.07) is 0. The van der Waals surface area contributed by atoms with Crippen LogP contribution in [0.1, 0.15) is 20.3 Å². The lowest BCUT2D eigenvalue weighted by atomic mass is 10.3. The van der Waals surface area contributed by atoms with Crippen LogP contribution in [0.3, 0.4) is 0 Å². The summed E-state index contributed by atoms with van der Waals surface area (Å²) in [5, 5.41) is 3.25. The predicted octanol–water partition coefficient (Wildman–Crippen LogP) is 1.02. The number of anilines is 3. The summed E-state index contributed by atoms with van der Waals surface area (Å²) in [5.41, 5.74) is 6.85. The number of hydrogen-bond donors (Lipinski definition) is 2. The van der Waals surface area contributed by atoms with E-state index in [1.54, 1.807) is 6.33 Å². The molecule has 6 heteroatoms. The average Bonchev–Trinajstić information content (AvgIpc) is 2.46. The Balaban J connectivity index is 2.08. The number of aromatic nitrogens is 2. The van der Waals surface area contributed by atoms with Gasteiger partial charge in [0.1, 0.15) is 12.0 Å². The maximum atomic E-state index is 6.18. The zero-order valence-electron chi connectivity index (χ0n) is 11.9. The maximum absolute atomic E-state index is 6.18. The van der Waals surface area contributed by atoms with Crippen LogP contribution in [0.5, 0.6) is 0 Å². The Labute approximate surface area is 115 Å². The average molecular weight is 264 g/mol. The van der Waals surface area contributed by atoms with Gasteiger partial charge < -0.3 is 20.9 Å². The minimum absolute atomic E-state index is 0.667. The molecule has 0 atom stereocenters. The lowest BCUT2D eigenvalue weighted by Crippen LogP contribution is -2.46. The van der Waals surface area contributed by atoms with Gasteiger partial charge in [-0.15, -0.1) is 0 Å². The quantitative estimate of drug-likeness (QED) is 0.827. The van der Waals surface area contributed by atoms with E-state index in [4.69, 9.17) is 5.73 Å². The van der Waals surface area contributed by atoms with Crippen molar-refractivity contribution < 1.29 is 0 Å². The van der Waals surface area contributed by atoms with Crippen LogP contribution in [-0.2, 0) is 0 Å². The number of nitrogens with one attached hydrogen (secondary N) is 1. The molecule has 19 heavy (non-hydrogen) atoms. The van der Waals surface area contributed by atoms with Gasteiger partial charge in [-0.05, 0) is 13.0 Å². The third-order valence-electron chi connectivity index (χ3n) is 3.52. The van der Waals surface area contributed by atoms with E-state index in [2.05, 4.69) is 38.9 Å². The molecule has 1 saturated heterocycles. The van der Waals surface area contributed by atoms with Crippen molar-refractivity contribution in [1.82, 2.24) is 14.9 Å². The molecule has 0 saturated carbocycles. The molecule has 1 aliphatic rings. The minimum Gasteiger partial charge on any atom is -0.393 e. The SMILES string of the molecule is CCCNc1ncnc(N2CCN(CC)CC2)c1N. The minimum atomic E-state index is 0.667. The summed E-state index contributed by atoms with van der Waals surface area (Å²) >= 11 is 0. The number of nitrogens with two attached hydrogens (primary N) is 1. The third kappa shape index (κ3) is 3.26. The topological polar surface area (TPSA) is 70.3 Å². The van der Waals surface area contributed by atoms with Gasteiger partial charge in [-0.2, -0.15) is 0 Å². The maximum Gasteiger partial charge on any atom is 0.157 e. The first-order valence-corrected chi connectivity index (χ1v) is 7.07. The molecule has 0 aliphatic carbocycles. The van der Waals surface area contributed by atoms with Gasteiger partial charge in [-0.3, -0.25) is 0 Å². The molecule has 0 spiro atoms. The Morgan fingerprint density at radius 3 is 2.58 bits per heavy atom. The van der Waals surface area contributed by atoms with Crippen molar-refractivity contribution in [2.75, 3.05) is 55.2 Å². The van der Waals surface area contributed by atoms with E-state index in [0.29, 0.717) is 5.69 Å². The van der Waals surface area contributed by atoms with E-state index >= 15 is 0 Å². The summed E-state index contributed by atoms with van der Waals surface area (Å²) in [7, 11) is 0. The van der Waals surface area contributed by atoms with Crippen molar-refractivity contribution in [3.63, 3.8) is 0 Å². The largest absolute Gasteiger partial charge is 0.393 e. The van der Waals surface area contributed by atoms with Gasteiger partial charge in [-0.25, -0.2) is 9.97 Å². The van der Waals surface area contributed by atoms with Crippen LogP contribution in [-0.4, -0.2) is 54.1 Å². The number of piperazine rings is 1. The van der Waals surface area contributed by atoms with Crippen molar-refractivity contribution >= 4 is 17.3 Å². The highest BCUT2D eigenvalue weighted by Gasteiger charge is 2.20. The third-order valence-corrected chi connectivity index (χ3v) is 3.52. The Morgan fingerprint density at radius 1 is 1.21 bits per heavy atom. The van der Waals surface area contributed by atoms with Crippen LogP contribution in [0, 0.1) is 0 Å². The van der Waals surface area contributed by atoms with Crippen LogP contribution in [0.2, 0.25) is 0 Å². The van der Waals surface area contributed by atoms with Gasteiger partial charge in [0.15, 0.2) is 11.6 Å². The molecule has 0 unspecified atom stereocenters. The van der Waals surface area contributed by atoms with Crippen molar-refractivity contribution in [2.45, 2.75) is 20.3 Å². The van der Waals surface area contributed by atoms with E-state index in [1.807, 2.05) is 0 Å². The van der Waals surface area contributed by atoms with Crippen molar-refractivity contribution in [2.24, 2.45) is 0 Å². The standard InChI is InChI=1S/C13H24N6/c1-3-5-15-12-11(14)13(17-10-16-12)19-8-6-18(4-2)7-9-19/h10H,3-9,14H2,1-2H3,(H,15,16,17). The molecule has 0 aromatic carbocycles. The van der Waals surface area contributed by atoms with Crippen LogP contribution < -0.4 is 16.0 Å². The van der Waals surface area contributed by atoms with Crippen molar-refractivity contribution in [1.29, 1.82) is 0 Å². The van der Waals surface area contributed by atoms with E-state index in [9.17, 15) is 0 Å². The van der Waals surface area contributed by atoms with Gasteiger partial charge in [0.2, 0.25) is 0 Å². The smallest absolute Gasteiger partial charge is 0.157 e. The molecule has 106 valence electrons.